The summed E-state index contributed by atoms with van der Waals surface area (Å²) in [4.78, 5) is 12.2. The number of nitrogens with one attached hydrogen (secondary N) is 2. The molecule has 0 radical (unpaired) electrons. The van der Waals surface area contributed by atoms with Crippen molar-refractivity contribution in [3.8, 4) is 0 Å². The van der Waals surface area contributed by atoms with E-state index in [1.165, 1.54) is 0 Å². The van der Waals surface area contributed by atoms with E-state index in [2.05, 4.69) is 17.6 Å². The molecule has 0 fully saturated rings. The summed E-state index contributed by atoms with van der Waals surface area (Å²) in [6.45, 7) is 8.47. The SMILES string of the molecule is CCCNc1ccccc1C(=O)NCCCCOC(C)C. The Morgan fingerprint density at radius 2 is 1.95 bits per heavy atom. The van der Waals surface area contributed by atoms with Crippen molar-refractivity contribution in [3.63, 3.8) is 0 Å². The lowest BCUT2D eigenvalue weighted by atomic mass is 10.1. The van der Waals surface area contributed by atoms with E-state index in [9.17, 15) is 4.79 Å². The van der Waals surface area contributed by atoms with Crippen LogP contribution in [0.1, 0.15) is 50.4 Å². The van der Waals surface area contributed by atoms with Crippen LogP contribution in [-0.4, -0.2) is 31.7 Å². The van der Waals surface area contributed by atoms with Gasteiger partial charge in [0.2, 0.25) is 0 Å². The molecule has 4 heteroatoms. The van der Waals surface area contributed by atoms with Crippen LogP contribution in [0.5, 0.6) is 0 Å². The number of para-hydroxylation sites is 1. The Balaban J connectivity index is 2.34. The highest BCUT2D eigenvalue weighted by Gasteiger charge is 2.09. The first kappa shape index (κ1) is 17.5. The van der Waals surface area contributed by atoms with Crippen LogP contribution < -0.4 is 10.6 Å². The number of anilines is 1. The molecule has 118 valence electrons. The number of rotatable bonds is 10. The van der Waals surface area contributed by atoms with E-state index in [1.807, 2.05) is 38.1 Å². The van der Waals surface area contributed by atoms with Crippen LogP contribution in [0, 0.1) is 0 Å². The van der Waals surface area contributed by atoms with E-state index in [1.54, 1.807) is 0 Å². The zero-order valence-electron chi connectivity index (χ0n) is 13.4. The minimum atomic E-state index is -0.0148. The molecule has 2 N–H and O–H groups in total. The second kappa shape index (κ2) is 10.2. The largest absolute Gasteiger partial charge is 0.384 e. The fourth-order valence-corrected chi connectivity index (χ4v) is 1.94. The molecule has 0 heterocycles. The molecule has 0 aromatic heterocycles. The van der Waals surface area contributed by atoms with Crippen LogP contribution in [0.2, 0.25) is 0 Å². The first-order valence-electron chi connectivity index (χ1n) is 7.87. The molecular formula is C17H28N2O2. The lowest BCUT2D eigenvalue weighted by Gasteiger charge is -2.12. The van der Waals surface area contributed by atoms with Crippen molar-refractivity contribution in [2.45, 2.75) is 46.1 Å². The van der Waals surface area contributed by atoms with Crippen molar-refractivity contribution < 1.29 is 9.53 Å². The number of hydrogen-bond acceptors (Lipinski definition) is 3. The first-order chi connectivity index (χ1) is 10.1. The molecule has 0 aliphatic heterocycles. The van der Waals surface area contributed by atoms with E-state index in [4.69, 9.17) is 4.74 Å². The maximum absolute atomic E-state index is 12.2. The molecule has 0 spiro atoms. The van der Waals surface area contributed by atoms with Crippen LogP contribution in [0.4, 0.5) is 5.69 Å². The van der Waals surface area contributed by atoms with Gasteiger partial charge in [-0.25, -0.2) is 0 Å². The number of hydrogen-bond donors (Lipinski definition) is 2. The normalized spacial score (nSPS) is 10.7. The summed E-state index contributed by atoms with van der Waals surface area (Å²) >= 11 is 0. The van der Waals surface area contributed by atoms with E-state index >= 15 is 0 Å². The number of unbranched alkanes of at least 4 members (excludes halogenated alkanes) is 1. The number of amides is 1. The maximum atomic E-state index is 12.2. The van der Waals surface area contributed by atoms with Gasteiger partial charge >= 0.3 is 0 Å². The van der Waals surface area contributed by atoms with Gasteiger partial charge in [0.1, 0.15) is 0 Å². The third-order valence-electron chi connectivity index (χ3n) is 3.04. The number of benzene rings is 1. The molecule has 0 saturated heterocycles. The maximum Gasteiger partial charge on any atom is 0.253 e. The molecule has 0 aliphatic rings. The molecule has 0 atom stereocenters. The predicted octanol–water partition coefficient (Wildman–Crippen LogP) is 3.44. The minimum absolute atomic E-state index is 0.0148. The van der Waals surface area contributed by atoms with Gasteiger partial charge in [-0.1, -0.05) is 19.1 Å². The lowest BCUT2D eigenvalue weighted by Crippen LogP contribution is -2.25. The Morgan fingerprint density at radius 3 is 2.67 bits per heavy atom. The zero-order chi connectivity index (χ0) is 15.5. The third kappa shape index (κ3) is 7.14. The summed E-state index contributed by atoms with van der Waals surface area (Å²) in [6.07, 6.45) is 3.21. The Morgan fingerprint density at radius 1 is 1.19 bits per heavy atom. The highest BCUT2D eigenvalue weighted by atomic mass is 16.5. The van der Waals surface area contributed by atoms with E-state index in [0.29, 0.717) is 12.1 Å². The molecule has 1 rings (SSSR count). The van der Waals surface area contributed by atoms with E-state index < -0.39 is 0 Å². The van der Waals surface area contributed by atoms with Crippen LogP contribution in [-0.2, 0) is 4.74 Å². The van der Waals surface area contributed by atoms with Gasteiger partial charge < -0.3 is 15.4 Å². The quantitative estimate of drug-likeness (QED) is 0.649. The van der Waals surface area contributed by atoms with Gasteiger partial charge in [0, 0.05) is 25.4 Å². The van der Waals surface area contributed by atoms with Gasteiger partial charge in [0.25, 0.3) is 5.91 Å². The Bertz CT molecular complexity index is 419. The van der Waals surface area contributed by atoms with Crippen molar-refractivity contribution in [2.75, 3.05) is 25.0 Å². The molecule has 21 heavy (non-hydrogen) atoms. The topological polar surface area (TPSA) is 50.4 Å². The zero-order valence-corrected chi connectivity index (χ0v) is 13.4. The molecule has 4 nitrogen and oxygen atoms in total. The van der Waals surface area contributed by atoms with Crippen molar-refractivity contribution >= 4 is 11.6 Å². The van der Waals surface area contributed by atoms with Crippen LogP contribution in [0.25, 0.3) is 0 Å². The van der Waals surface area contributed by atoms with Crippen LogP contribution >= 0.6 is 0 Å². The van der Waals surface area contributed by atoms with Crippen molar-refractivity contribution in [3.05, 3.63) is 29.8 Å². The lowest BCUT2D eigenvalue weighted by molar-refractivity contribution is 0.0754. The van der Waals surface area contributed by atoms with Crippen molar-refractivity contribution in [2.24, 2.45) is 0 Å². The van der Waals surface area contributed by atoms with Crippen molar-refractivity contribution in [1.82, 2.24) is 5.32 Å². The monoisotopic (exact) mass is 292 g/mol. The third-order valence-corrected chi connectivity index (χ3v) is 3.04. The van der Waals surface area contributed by atoms with Crippen molar-refractivity contribution in [1.29, 1.82) is 0 Å². The fourth-order valence-electron chi connectivity index (χ4n) is 1.94. The standard InChI is InChI=1S/C17H28N2O2/c1-4-11-18-16-10-6-5-9-15(16)17(20)19-12-7-8-13-21-14(2)3/h5-6,9-10,14,18H,4,7-8,11-13H2,1-3H3,(H,19,20). The van der Waals surface area contributed by atoms with Gasteiger partial charge in [0.15, 0.2) is 0 Å². The van der Waals surface area contributed by atoms with Gasteiger partial charge in [-0.3, -0.25) is 4.79 Å². The molecule has 1 aromatic carbocycles. The second-order valence-electron chi connectivity index (χ2n) is 5.35. The molecule has 0 saturated carbocycles. The molecular weight excluding hydrogens is 264 g/mol. The van der Waals surface area contributed by atoms with Gasteiger partial charge in [-0.15, -0.1) is 0 Å². The number of carbonyl (C=O) groups is 1. The minimum Gasteiger partial charge on any atom is -0.384 e. The molecule has 0 bridgehead atoms. The summed E-state index contributed by atoms with van der Waals surface area (Å²) in [5.41, 5.74) is 1.62. The summed E-state index contributed by atoms with van der Waals surface area (Å²) in [5.74, 6) is -0.0148. The fraction of sp³-hybridized carbons (Fsp3) is 0.588. The van der Waals surface area contributed by atoms with Crippen LogP contribution in [0.3, 0.4) is 0 Å². The first-order valence-corrected chi connectivity index (χ1v) is 7.87. The predicted molar refractivity (Wildman–Crippen MR) is 87.9 cm³/mol. The highest BCUT2D eigenvalue weighted by Crippen LogP contribution is 2.14. The molecule has 1 amide bonds. The average molecular weight is 292 g/mol. The summed E-state index contributed by atoms with van der Waals surface area (Å²) in [5, 5.41) is 6.26. The van der Waals surface area contributed by atoms with Gasteiger partial charge in [-0.2, -0.15) is 0 Å². The number of ether oxygens (including phenoxy) is 1. The summed E-state index contributed by atoms with van der Waals surface area (Å²) in [7, 11) is 0. The van der Waals surface area contributed by atoms with E-state index in [-0.39, 0.29) is 12.0 Å². The molecule has 1 aromatic rings. The molecule has 0 aliphatic carbocycles. The number of carbonyl (C=O) groups excluding carboxylic acids is 1. The van der Waals surface area contributed by atoms with Gasteiger partial charge in [0.05, 0.1) is 11.7 Å². The second-order valence-corrected chi connectivity index (χ2v) is 5.35. The average Bonchev–Trinajstić information content (AvgIpc) is 2.48. The van der Waals surface area contributed by atoms with Gasteiger partial charge in [-0.05, 0) is 45.2 Å². The Hall–Kier alpha value is -1.55. The Labute approximate surface area is 128 Å². The molecule has 0 unspecified atom stereocenters. The summed E-state index contributed by atoms with van der Waals surface area (Å²) < 4.78 is 5.47. The van der Waals surface area contributed by atoms with Crippen LogP contribution in [0.15, 0.2) is 24.3 Å². The Kier molecular flexibility index (Phi) is 8.51. The smallest absolute Gasteiger partial charge is 0.253 e. The highest BCUT2D eigenvalue weighted by molar-refractivity contribution is 5.99. The van der Waals surface area contributed by atoms with E-state index in [0.717, 1.165) is 38.1 Å². The summed E-state index contributed by atoms with van der Waals surface area (Å²) in [6, 6.07) is 7.64.